The standard InChI is InChI=1S/C75H138NO8P/c1-3-5-7-9-11-13-15-17-19-21-23-25-27-29-31-33-35-36-38-40-42-44-46-48-50-52-54-56-58-60-62-64-66-68-75(78)84-73(72-83-85(79,80)82-70-69-76)71-81-74(77)67-65-63-61-59-57-55-53-51-49-47-45-43-41-39-37-34-32-30-28-26-24-22-20-18-16-14-12-10-8-6-4-2/h5,7,11,13,16-19,22-25,73H,3-4,6,8-10,12,14-15,20-21,26-72,76H2,1-2H3,(H,79,80)/b7-5-,13-11-,18-16-,19-17-,24-22-,25-23-. The molecule has 0 bridgehead atoms. The predicted octanol–water partition coefficient (Wildman–Crippen LogP) is 24.0. The van der Waals surface area contributed by atoms with E-state index in [0.717, 1.165) is 64.2 Å². The third-order valence-corrected chi connectivity index (χ3v) is 17.1. The molecule has 2 unspecified atom stereocenters. The van der Waals surface area contributed by atoms with E-state index in [9.17, 15) is 19.0 Å². The van der Waals surface area contributed by atoms with Gasteiger partial charge in [0.1, 0.15) is 6.61 Å². The van der Waals surface area contributed by atoms with Gasteiger partial charge in [-0.05, 0) is 83.5 Å². The molecule has 0 spiro atoms. The monoisotopic (exact) mass is 1210 g/mol. The van der Waals surface area contributed by atoms with E-state index < -0.39 is 26.5 Å². The van der Waals surface area contributed by atoms with E-state index in [1.807, 2.05) is 0 Å². The van der Waals surface area contributed by atoms with Gasteiger partial charge in [0.05, 0.1) is 13.2 Å². The van der Waals surface area contributed by atoms with Crippen molar-refractivity contribution in [3.8, 4) is 0 Å². The largest absolute Gasteiger partial charge is 0.472 e. The number of phosphoric acid groups is 1. The van der Waals surface area contributed by atoms with E-state index in [2.05, 4.69) is 86.8 Å². The number of nitrogens with two attached hydrogens (primary N) is 1. The maximum absolute atomic E-state index is 12.8. The van der Waals surface area contributed by atoms with Gasteiger partial charge in [-0.1, -0.05) is 337 Å². The van der Waals surface area contributed by atoms with E-state index in [4.69, 9.17) is 24.3 Å². The first kappa shape index (κ1) is 82.5. The van der Waals surface area contributed by atoms with Crippen LogP contribution in [0, 0.1) is 0 Å². The normalized spacial score (nSPS) is 13.3. The summed E-state index contributed by atoms with van der Waals surface area (Å²) < 4.78 is 33.2. The Balaban J connectivity index is 3.81. The van der Waals surface area contributed by atoms with Gasteiger partial charge in [0, 0.05) is 19.4 Å². The second kappa shape index (κ2) is 70.5. The van der Waals surface area contributed by atoms with Crippen LogP contribution in [0.4, 0.5) is 0 Å². The first-order valence-corrected chi connectivity index (χ1v) is 37.9. The van der Waals surface area contributed by atoms with E-state index in [-0.39, 0.29) is 38.6 Å². The lowest BCUT2D eigenvalue weighted by molar-refractivity contribution is -0.161. The highest BCUT2D eigenvalue weighted by Crippen LogP contribution is 2.43. The molecule has 0 fully saturated rings. The van der Waals surface area contributed by atoms with Gasteiger partial charge in [0.25, 0.3) is 0 Å². The summed E-state index contributed by atoms with van der Waals surface area (Å²) in [6.07, 6.45) is 93.0. The Morgan fingerprint density at radius 1 is 0.365 bits per heavy atom. The Hall–Kier alpha value is -2.55. The lowest BCUT2D eigenvalue weighted by atomic mass is 10.0. The zero-order valence-corrected chi connectivity index (χ0v) is 56.7. The maximum atomic E-state index is 12.8. The van der Waals surface area contributed by atoms with Crippen molar-refractivity contribution in [2.75, 3.05) is 26.4 Å². The van der Waals surface area contributed by atoms with Crippen LogP contribution in [0.2, 0.25) is 0 Å². The molecule has 0 aliphatic carbocycles. The molecule has 85 heavy (non-hydrogen) atoms. The molecule has 0 saturated carbocycles. The van der Waals surface area contributed by atoms with E-state index in [1.54, 1.807) is 0 Å². The summed E-state index contributed by atoms with van der Waals surface area (Å²) in [4.78, 5) is 35.4. The van der Waals surface area contributed by atoms with Crippen LogP contribution in [-0.4, -0.2) is 49.3 Å². The van der Waals surface area contributed by atoms with Gasteiger partial charge < -0.3 is 20.1 Å². The van der Waals surface area contributed by atoms with Gasteiger partial charge in [0.2, 0.25) is 0 Å². The Bertz CT molecular complexity index is 1620. The van der Waals surface area contributed by atoms with Gasteiger partial charge in [-0.25, -0.2) is 4.57 Å². The molecule has 0 aliphatic rings. The SMILES string of the molecule is CC/C=C\C/C=C\C/C=C\C/C=C\CCCCCCCCCCCCCCCCCCCCCCC(=O)OC(COC(=O)CCCCCCCCCCCCCCCCCCCCC/C=C\C/C=C\CCCCCCC)COP(=O)(O)OCCN. The van der Waals surface area contributed by atoms with Crippen molar-refractivity contribution in [1.29, 1.82) is 0 Å². The lowest BCUT2D eigenvalue weighted by Gasteiger charge is -2.19. The molecule has 0 rings (SSSR count). The minimum Gasteiger partial charge on any atom is -0.462 e. The zero-order valence-electron chi connectivity index (χ0n) is 55.8. The van der Waals surface area contributed by atoms with Crippen LogP contribution in [0.15, 0.2) is 72.9 Å². The van der Waals surface area contributed by atoms with E-state index in [1.165, 1.54) is 263 Å². The van der Waals surface area contributed by atoms with Crippen molar-refractivity contribution >= 4 is 19.8 Å². The highest BCUT2D eigenvalue weighted by atomic mass is 31.2. The number of hydrogen-bond acceptors (Lipinski definition) is 8. The highest BCUT2D eigenvalue weighted by Gasteiger charge is 2.26. The van der Waals surface area contributed by atoms with Crippen LogP contribution < -0.4 is 5.73 Å². The summed E-state index contributed by atoms with van der Waals surface area (Å²) in [5, 5.41) is 0. The van der Waals surface area contributed by atoms with Gasteiger partial charge in [0.15, 0.2) is 6.10 Å². The molecule has 0 aromatic carbocycles. The van der Waals surface area contributed by atoms with Crippen molar-refractivity contribution in [2.24, 2.45) is 5.73 Å². The molecule has 0 radical (unpaired) electrons. The van der Waals surface area contributed by atoms with E-state index in [0.29, 0.717) is 6.42 Å². The second-order valence-electron chi connectivity index (χ2n) is 24.4. The number of hydrogen-bond donors (Lipinski definition) is 2. The molecule has 0 saturated heterocycles. The molecule has 9 nitrogen and oxygen atoms in total. The molecule has 0 aromatic rings. The van der Waals surface area contributed by atoms with Crippen molar-refractivity contribution in [2.45, 2.75) is 367 Å². The summed E-state index contributed by atoms with van der Waals surface area (Å²) in [5.74, 6) is -0.809. The Labute approximate surface area is 526 Å². The van der Waals surface area contributed by atoms with Crippen LogP contribution in [-0.2, 0) is 32.7 Å². The quantitative estimate of drug-likeness (QED) is 0.0264. The van der Waals surface area contributed by atoms with E-state index >= 15 is 0 Å². The number of carbonyl (C=O) groups excluding carboxylic acids is 2. The average Bonchev–Trinajstić information content (AvgIpc) is 3.52. The molecule has 0 heterocycles. The zero-order chi connectivity index (χ0) is 61.6. The molecule has 0 amide bonds. The minimum absolute atomic E-state index is 0.0542. The third-order valence-electron chi connectivity index (χ3n) is 16.1. The molecule has 3 N–H and O–H groups in total. The van der Waals surface area contributed by atoms with Gasteiger partial charge >= 0.3 is 19.8 Å². The van der Waals surface area contributed by atoms with Crippen molar-refractivity contribution in [3.63, 3.8) is 0 Å². The average molecular weight is 1210 g/mol. The number of ether oxygens (including phenoxy) is 2. The van der Waals surface area contributed by atoms with Crippen molar-refractivity contribution < 1.29 is 37.6 Å². The summed E-state index contributed by atoms with van der Waals surface area (Å²) >= 11 is 0. The molecule has 0 aromatic heterocycles. The molecule has 0 aliphatic heterocycles. The lowest BCUT2D eigenvalue weighted by Crippen LogP contribution is -2.29. The Morgan fingerprint density at radius 2 is 0.647 bits per heavy atom. The van der Waals surface area contributed by atoms with Crippen LogP contribution >= 0.6 is 7.82 Å². The summed E-state index contributed by atoms with van der Waals surface area (Å²) in [6, 6.07) is 0. The molecule has 2 atom stereocenters. The first-order valence-electron chi connectivity index (χ1n) is 36.4. The van der Waals surface area contributed by atoms with Crippen molar-refractivity contribution in [3.05, 3.63) is 72.9 Å². The smallest absolute Gasteiger partial charge is 0.462 e. The Morgan fingerprint density at radius 3 is 0.965 bits per heavy atom. The third kappa shape index (κ3) is 70.4. The second-order valence-corrected chi connectivity index (χ2v) is 25.9. The molecular weight excluding hydrogens is 1070 g/mol. The number of rotatable bonds is 69. The highest BCUT2D eigenvalue weighted by molar-refractivity contribution is 7.47. The van der Waals surface area contributed by atoms with Crippen LogP contribution in [0.1, 0.15) is 361 Å². The minimum atomic E-state index is -4.39. The fourth-order valence-electron chi connectivity index (χ4n) is 10.7. The van der Waals surface area contributed by atoms with Crippen LogP contribution in [0.25, 0.3) is 0 Å². The summed E-state index contributed by atoms with van der Waals surface area (Å²) in [6.45, 7) is 3.68. The molecular formula is C75H138NO8P. The summed E-state index contributed by atoms with van der Waals surface area (Å²) in [5.41, 5.74) is 5.41. The van der Waals surface area contributed by atoms with Gasteiger partial charge in [-0.15, -0.1) is 0 Å². The van der Waals surface area contributed by atoms with Crippen LogP contribution in [0.3, 0.4) is 0 Å². The Kier molecular flexibility index (Phi) is 68.4. The van der Waals surface area contributed by atoms with Crippen LogP contribution in [0.5, 0.6) is 0 Å². The number of carbonyl (C=O) groups is 2. The van der Waals surface area contributed by atoms with Gasteiger partial charge in [-0.2, -0.15) is 0 Å². The predicted molar refractivity (Wildman–Crippen MR) is 367 cm³/mol. The van der Waals surface area contributed by atoms with Gasteiger partial charge in [-0.3, -0.25) is 18.6 Å². The number of unbranched alkanes of at least 4 members (excludes halogenated alkanes) is 44. The number of allylic oxidation sites excluding steroid dienone is 12. The number of esters is 2. The van der Waals surface area contributed by atoms with Crippen molar-refractivity contribution in [1.82, 2.24) is 0 Å². The first-order chi connectivity index (χ1) is 41.8. The summed E-state index contributed by atoms with van der Waals surface area (Å²) in [7, 11) is -4.39. The maximum Gasteiger partial charge on any atom is 0.472 e. The molecule has 10 heteroatoms. The fraction of sp³-hybridized carbons (Fsp3) is 0.813. The fourth-order valence-corrected chi connectivity index (χ4v) is 11.5. The molecule has 496 valence electrons. The number of phosphoric ester groups is 1. The topological polar surface area (TPSA) is 134 Å².